The standard InChI is InChI=1S/C17H12ClN3O5S/c18-14-13(8-19-20-15(22)12-5-2-6-26-12)27-17(25)21(14)9-10-3-1-4-11(7-10)16(23)24/h1-8H,9H2,(H,20,22)(H,23,24)/b19-8+. The highest BCUT2D eigenvalue weighted by Crippen LogP contribution is 2.18. The number of aromatic carboxylic acids is 1. The molecule has 0 fully saturated rings. The second-order valence-electron chi connectivity index (χ2n) is 5.29. The topological polar surface area (TPSA) is 114 Å². The predicted octanol–water partition coefficient (Wildman–Crippen LogP) is 2.67. The summed E-state index contributed by atoms with van der Waals surface area (Å²) in [5, 5.41) is 13.0. The van der Waals surface area contributed by atoms with E-state index >= 15 is 0 Å². The van der Waals surface area contributed by atoms with Crippen molar-refractivity contribution >= 4 is 41.0 Å². The van der Waals surface area contributed by atoms with Crippen molar-refractivity contribution in [2.45, 2.75) is 6.54 Å². The first-order chi connectivity index (χ1) is 13.0. The zero-order chi connectivity index (χ0) is 19.4. The highest BCUT2D eigenvalue weighted by molar-refractivity contribution is 7.11. The summed E-state index contributed by atoms with van der Waals surface area (Å²) in [5.41, 5.74) is 3.00. The fourth-order valence-corrected chi connectivity index (χ4v) is 3.32. The van der Waals surface area contributed by atoms with E-state index in [0.29, 0.717) is 10.4 Å². The smallest absolute Gasteiger partial charge is 0.335 e. The Morgan fingerprint density at radius 3 is 2.85 bits per heavy atom. The lowest BCUT2D eigenvalue weighted by Crippen LogP contribution is -2.16. The molecule has 2 aromatic heterocycles. The van der Waals surface area contributed by atoms with Crippen LogP contribution in [-0.2, 0) is 6.54 Å². The van der Waals surface area contributed by atoms with Gasteiger partial charge in [-0.3, -0.25) is 14.2 Å². The lowest BCUT2D eigenvalue weighted by molar-refractivity contribution is 0.0696. The molecule has 0 atom stereocenters. The van der Waals surface area contributed by atoms with Crippen LogP contribution in [0.15, 0.2) is 57.0 Å². The maximum Gasteiger partial charge on any atom is 0.335 e. The molecule has 3 rings (SSSR count). The molecule has 0 aliphatic heterocycles. The molecule has 1 aromatic carbocycles. The molecule has 1 amide bonds. The van der Waals surface area contributed by atoms with Gasteiger partial charge in [0.15, 0.2) is 5.76 Å². The number of carboxylic acid groups (broad SMARTS) is 1. The number of nitrogens with one attached hydrogen (secondary N) is 1. The summed E-state index contributed by atoms with van der Waals surface area (Å²) in [6.07, 6.45) is 2.63. The SMILES string of the molecule is O=C(O)c1cccc(Cn2c(Cl)c(/C=N/NC(=O)c3ccco3)sc2=O)c1. The lowest BCUT2D eigenvalue weighted by Gasteiger charge is -2.05. The van der Waals surface area contributed by atoms with Crippen molar-refractivity contribution in [2.75, 3.05) is 0 Å². The molecule has 3 aromatic rings. The van der Waals surface area contributed by atoms with Crippen LogP contribution in [0.2, 0.25) is 5.15 Å². The molecule has 138 valence electrons. The first-order valence-electron chi connectivity index (χ1n) is 7.54. The monoisotopic (exact) mass is 405 g/mol. The van der Waals surface area contributed by atoms with Crippen molar-refractivity contribution in [3.05, 3.63) is 79.2 Å². The molecule has 0 aliphatic rings. The van der Waals surface area contributed by atoms with E-state index in [9.17, 15) is 14.4 Å². The summed E-state index contributed by atoms with van der Waals surface area (Å²) in [5.74, 6) is -1.49. The number of rotatable bonds is 6. The van der Waals surface area contributed by atoms with Crippen LogP contribution >= 0.6 is 22.9 Å². The van der Waals surface area contributed by atoms with Crippen LogP contribution in [-0.4, -0.2) is 27.8 Å². The van der Waals surface area contributed by atoms with Crippen molar-refractivity contribution < 1.29 is 19.1 Å². The molecule has 27 heavy (non-hydrogen) atoms. The number of thiazole rings is 1. The van der Waals surface area contributed by atoms with Gasteiger partial charge in [0.1, 0.15) is 5.15 Å². The summed E-state index contributed by atoms with van der Waals surface area (Å²) >= 11 is 7.09. The van der Waals surface area contributed by atoms with Crippen LogP contribution < -0.4 is 10.3 Å². The Labute approximate surface area is 161 Å². The van der Waals surface area contributed by atoms with E-state index in [0.717, 1.165) is 11.3 Å². The molecule has 0 unspecified atom stereocenters. The molecule has 2 N–H and O–H groups in total. The molecule has 0 spiro atoms. The predicted molar refractivity (Wildman–Crippen MR) is 99.9 cm³/mol. The van der Waals surface area contributed by atoms with Gasteiger partial charge in [-0.05, 0) is 29.8 Å². The van der Waals surface area contributed by atoms with Crippen molar-refractivity contribution in [2.24, 2.45) is 5.10 Å². The Bertz CT molecular complexity index is 1070. The van der Waals surface area contributed by atoms with Gasteiger partial charge >= 0.3 is 16.7 Å². The molecule has 0 saturated carbocycles. The maximum atomic E-state index is 12.2. The number of carbonyl (C=O) groups is 2. The Morgan fingerprint density at radius 1 is 1.33 bits per heavy atom. The van der Waals surface area contributed by atoms with Gasteiger partial charge in [0, 0.05) is 0 Å². The van der Waals surface area contributed by atoms with Gasteiger partial charge in [0.25, 0.3) is 0 Å². The number of benzene rings is 1. The van der Waals surface area contributed by atoms with Crippen molar-refractivity contribution in [1.29, 1.82) is 0 Å². The number of nitrogens with zero attached hydrogens (tertiary/aromatic N) is 2. The van der Waals surface area contributed by atoms with Crippen molar-refractivity contribution in [1.82, 2.24) is 9.99 Å². The molecular weight excluding hydrogens is 394 g/mol. The van der Waals surface area contributed by atoms with Crippen LogP contribution in [0.4, 0.5) is 0 Å². The molecule has 0 radical (unpaired) electrons. The number of furan rings is 1. The minimum atomic E-state index is -1.05. The highest BCUT2D eigenvalue weighted by Gasteiger charge is 2.13. The first kappa shape index (κ1) is 18.6. The Balaban J connectivity index is 1.75. The molecule has 10 heteroatoms. The number of carboxylic acids is 1. The molecule has 8 nitrogen and oxygen atoms in total. The van der Waals surface area contributed by atoms with Gasteiger partial charge in [-0.1, -0.05) is 35.1 Å². The molecular formula is C17H12ClN3O5S. The summed E-state index contributed by atoms with van der Waals surface area (Å²) in [7, 11) is 0. The minimum absolute atomic E-state index is 0.0994. The number of amides is 1. The number of carbonyl (C=O) groups excluding carboxylic acids is 1. The van der Waals surface area contributed by atoms with Gasteiger partial charge in [0.05, 0.1) is 29.5 Å². The zero-order valence-electron chi connectivity index (χ0n) is 13.6. The number of hydrogen-bond acceptors (Lipinski definition) is 6. The van der Waals surface area contributed by atoms with Gasteiger partial charge in [-0.25, -0.2) is 10.2 Å². The largest absolute Gasteiger partial charge is 0.478 e. The van der Waals surface area contributed by atoms with Crippen LogP contribution in [0.25, 0.3) is 0 Å². The molecule has 0 saturated heterocycles. The maximum absolute atomic E-state index is 12.2. The number of hydrazone groups is 1. The first-order valence-corrected chi connectivity index (χ1v) is 8.73. The molecule has 0 aliphatic carbocycles. The lowest BCUT2D eigenvalue weighted by atomic mass is 10.1. The Morgan fingerprint density at radius 2 is 2.15 bits per heavy atom. The van der Waals surface area contributed by atoms with E-state index in [-0.39, 0.29) is 27.9 Å². The van der Waals surface area contributed by atoms with Crippen molar-refractivity contribution in [3.63, 3.8) is 0 Å². The Kier molecular flexibility index (Phi) is 5.53. The van der Waals surface area contributed by atoms with Crippen LogP contribution in [0, 0.1) is 0 Å². The second-order valence-corrected chi connectivity index (χ2v) is 6.64. The average Bonchev–Trinajstić information content (AvgIpc) is 3.27. The van der Waals surface area contributed by atoms with E-state index < -0.39 is 11.9 Å². The van der Waals surface area contributed by atoms with Crippen molar-refractivity contribution in [3.8, 4) is 0 Å². The summed E-state index contributed by atoms with van der Waals surface area (Å²) < 4.78 is 6.23. The zero-order valence-corrected chi connectivity index (χ0v) is 15.2. The third kappa shape index (κ3) is 4.33. The van der Waals surface area contributed by atoms with E-state index in [2.05, 4.69) is 10.5 Å². The van der Waals surface area contributed by atoms with E-state index in [1.54, 1.807) is 18.2 Å². The van der Waals surface area contributed by atoms with Crippen LogP contribution in [0.1, 0.15) is 31.4 Å². The number of aromatic nitrogens is 1. The number of hydrogen-bond donors (Lipinski definition) is 2. The summed E-state index contributed by atoms with van der Waals surface area (Å²) in [4.78, 5) is 35.0. The normalized spacial score (nSPS) is 11.0. The van der Waals surface area contributed by atoms with Crippen LogP contribution in [0.3, 0.4) is 0 Å². The average molecular weight is 406 g/mol. The van der Waals surface area contributed by atoms with E-state index in [1.807, 2.05) is 0 Å². The van der Waals surface area contributed by atoms with Gasteiger partial charge in [0.2, 0.25) is 0 Å². The molecule has 2 heterocycles. The summed E-state index contributed by atoms with van der Waals surface area (Å²) in [6.45, 7) is 0.113. The second kappa shape index (κ2) is 8.02. The molecule has 0 bridgehead atoms. The highest BCUT2D eigenvalue weighted by atomic mass is 35.5. The summed E-state index contributed by atoms with van der Waals surface area (Å²) in [6, 6.07) is 9.28. The van der Waals surface area contributed by atoms with Gasteiger partial charge in [-0.15, -0.1) is 0 Å². The fourth-order valence-electron chi connectivity index (χ4n) is 2.22. The van der Waals surface area contributed by atoms with E-state index in [1.165, 1.54) is 35.2 Å². The van der Waals surface area contributed by atoms with Gasteiger partial charge in [-0.2, -0.15) is 5.10 Å². The van der Waals surface area contributed by atoms with Gasteiger partial charge < -0.3 is 9.52 Å². The van der Waals surface area contributed by atoms with Crippen LogP contribution in [0.5, 0.6) is 0 Å². The third-order valence-corrected chi connectivity index (χ3v) is 4.90. The fraction of sp³-hybridized carbons (Fsp3) is 0.0588. The quantitative estimate of drug-likeness (QED) is 0.483. The minimum Gasteiger partial charge on any atom is -0.478 e. The Hall–Kier alpha value is -3.17. The third-order valence-electron chi connectivity index (χ3n) is 3.47. The van der Waals surface area contributed by atoms with E-state index in [4.69, 9.17) is 21.1 Å². The number of halogens is 1.